The summed E-state index contributed by atoms with van der Waals surface area (Å²) < 4.78 is 11.3. The Morgan fingerprint density at radius 3 is 1.74 bits per heavy atom. The molecule has 65 heavy (non-hydrogen) atoms. The Labute approximate surface area is 373 Å². The van der Waals surface area contributed by atoms with E-state index in [-0.39, 0.29) is 0 Å². The maximum atomic E-state index is 6.59. The van der Waals surface area contributed by atoms with Gasteiger partial charge in [0.1, 0.15) is 11.5 Å². The van der Waals surface area contributed by atoms with Crippen molar-refractivity contribution >= 4 is 65.3 Å². The van der Waals surface area contributed by atoms with Gasteiger partial charge in [-0.05, 0) is 99.9 Å². The van der Waals surface area contributed by atoms with Gasteiger partial charge in [0, 0.05) is 49.1 Å². The number of hydrogen-bond donors (Lipinski definition) is 0. The van der Waals surface area contributed by atoms with Crippen LogP contribution in [0.2, 0.25) is 0 Å². The number of aromatic nitrogens is 4. The van der Waals surface area contributed by atoms with E-state index in [4.69, 9.17) is 14.7 Å². The summed E-state index contributed by atoms with van der Waals surface area (Å²) in [6, 6.07) is 77.9. The zero-order chi connectivity index (χ0) is 42.6. The Hall–Kier alpha value is -8.80. The molecule has 0 saturated heterocycles. The molecule has 0 spiro atoms. The average Bonchev–Trinajstić information content (AvgIpc) is 3.89. The lowest BCUT2D eigenvalue weighted by molar-refractivity contribution is 0.487. The highest BCUT2D eigenvalue weighted by molar-refractivity contribution is 6.26. The summed E-state index contributed by atoms with van der Waals surface area (Å²) >= 11 is 0. The van der Waals surface area contributed by atoms with Gasteiger partial charge in [0.25, 0.3) is 0 Å². The van der Waals surface area contributed by atoms with Crippen molar-refractivity contribution in [2.75, 3.05) is 0 Å². The van der Waals surface area contributed by atoms with E-state index in [0.717, 1.165) is 94.3 Å². The molecule has 0 unspecified atom stereocenters. The number of ether oxygens (including phenoxy) is 1. The minimum Gasteiger partial charge on any atom is -0.456 e. The summed E-state index contributed by atoms with van der Waals surface area (Å²) in [5.74, 6) is 2.41. The van der Waals surface area contributed by atoms with Crippen molar-refractivity contribution in [1.29, 1.82) is 0 Å². The van der Waals surface area contributed by atoms with Gasteiger partial charge in [-0.15, -0.1) is 0 Å². The number of benzene rings is 10. The molecule has 1 aliphatic heterocycles. The number of hydrogen-bond acceptors (Lipinski definition) is 3. The van der Waals surface area contributed by atoms with E-state index in [1.165, 1.54) is 32.8 Å². The molecule has 5 nitrogen and oxygen atoms in total. The van der Waals surface area contributed by atoms with E-state index < -0.39 is 0 Å². The maximum Gasteiger partial charge on any atom is 0.235 e. The van der Waals surface area contributed by atoms with Crippen molar-refractivity contribution in [1.82, 2.24) is 19.1 Å². The highest BCUT2D eigenvalue weighted by Gasteiger charge is 2.25. The molecule has 10 aromatic carbocycles. The molecule has 0 saturated carbocycles. The Kier molecular flexibility index (Phi) is 7.62. The summed E-state index contributed by atoms with van der Waals surface area (Å²) in [4.78, 5) is 10.5. The van der Waals surface area contributed by atoms with E-state index in [0.29, 0.717) is 5.95 Å². The van der Waals surface area contributed by atoms with Crippen LogP contribution in [0.3, 0.4) is 0 Å². The predicted octanol–water partition coefficient (Wildman–Crippen LogP) is 15.8. The molecule has 0 amide bonds. The second kappa shape index (κ2) is 13.9. The van der Waals surface area contributed by atoms with Crippen LogP contribution in [0.5, 0.6) is 11.5 Å². The maximum absolute atomic E-state index is 6.59. The highest BCUT2D eigenvalue weighted by Crippen LogP contribution is 2.51. The Balaban J connectivity index is 0.989. The standard InChI is InChI=1S/C60H36N4O/c1-3-14-37(15-4-1)38-26-30-42(31-27-38)63-53-33-29-41(35-49(53)57-46-21-13-25-56-58(46)48(36-54(57)63)44-19-9-12-24-55(44)65-56)40-28-32-52-47(34-40)43-18-8-11-23-51(43)64(52)60-61-50-22-10-7-20-45(50)59(62-60)39-16-5-2-6-17-39/h1-36H. The van der Waals surface area contributed by atoms with Gasteiger partial charge in [-0.25, -0.2) is 9.97 Å². The van der Waals surface area contributed by atoms with Gasteiger partial charge in [-0.3, -0.25) is 4.57 Å². The average molecular weight is 829 g/mol. The molecular weight excluding hydrogens is 793 g/mol. The Bertz CT molecular complexity index is 4070. The van der Waals surface area contributed by atoms with E-state index >= 15 is 0 Å². The molecule has 3 aromatic heterocycles. The largest absolute Gasteiger partial charge is 0.456 e. The number of nitrogens with zero attached hydrogens (tertiary/aromatic N) is 4. The molecular formula is C60H36N4O. The van der Waals surface area contributed by atoms with Gasteiger partial charge in [0.15, 0.2) is 0 Å². The quantitative estimate of drug-likeness (QED) is 0.174. The van der Waals surface area contributed by atoms with Crippen molar-refractivity contribution in [3.8, 4) is 67.8 Å². The van der Waals surface area contributed by atoms with Crippen molar-refractivity contribution in [3.05, 3.63) is 218 Å². The minimum absolute atomic E-state index is 0.651. The first-order chi connectivity index (χ1) is 32.2. The minimum atomic E-state index is 0.651. The molecule has 0 aliphatic carbocycles. The predicted molar refractivity (Wildman–Crippen MR) is 268 cm³/mol. The normalized spacial score (nSPS) is 12.1. The van der Waals surface area contributed by atoms with Gasteiger partial charge < -0.3 is 9.30 Å². The fourth-order valence-corrected chi connectivity index (χ4v) is 10.4. The summed E-state index contributed by atoms with van der Waals surface area (Å²) in [6.07, 6.45) is 0. The van der Waals surface area contributed by atoms with Crippen molar-refractivity contribution in [3.63, 3.8) is 0 Å². The van der Waals surface area contributed by atoms with Crippen molar-refractivity contribution in [2.24, 2.45) is 0 Å². The second-order valence-corrected chi connectivity index (χ2v) is 16.9. The van der Waals surface area contributed by atoms with Crippen LogP contribution in [0.4, 0.5) is 0 Å². The van der Waals surface area contributed by atoms with Crippen LogP contribution in [0, 0.1) is 0 Å². The van der Waals surface area contributed by atoms with E-state index in [2.05, 4.69) is 209 Å². The van der Waals surface area contributed by atoms with E-state index in [9.17, 15) is 0 Å². The molecule has 302 valence electrons. The first-order valence-corrected chi connectivity index (χ1v) is 22.1. The highest BCUT2D eigenvalue weighted by atomic mass is 16.5. The van der Waals surface area contributed by atoms with Gasteiger partial charge in [-0.1, -0.05) is 152 Å². The second-order valence-electron chi connectivity index (χ2n) is 16.9. The molecule has 13 aromatic rings. The SMILES string of the molecule is c1ccc(-c2ccc(-n3c4ccc(-c5ccc6c(c5)c5ccccc5n6-c5nc(-c6ccccc6)c6ccccc6n5)cc4c4c5cccc6c5c(cc43)-c3ccccc3O6)cc2)cc1. The number of fused-ring (bicyclic) bond motifs is 10. The van der Waals surface area contributed by atoms with Gasteiger partial charge >= 0.3 is 0 Å². The first kappa shape index (κ1) is 35.8. The lowest BCUT2D eigenvalue weighted by Gasteiger charge is -2.22. The topological polar surface area (TPSA) is 44.9 Å². The Morgan fingerprint density at radius 2 is 0.923 bits per heavy atom. The summed E-state index contributed by atoms with van der Waals surface area (Å²) in [6.45, 7) is 0. The van der Waals surface area contributed by atoms with Crippen LogP contribution in [0.15, 0.2) is 218 Å². The van der Waals surface area contributed by atoms with Crippen LogP contribution in [0.25, 0.3) is 122 Å². The van der Waals surface area contributed by atoms with E-state index in [1.807, 2.05) is 18.2 Å². The number of para-hydroxylation sites is 3. The first-order valence-electron chi connectivity index (χ1n) is 22.1. The van der Waals surface area contributed by atoms with E-state index in [1.54, 1.807) is 0 Å². The van der Waals surface area contributed by atoms with Crippen LogP contribution in [0.1, 0.15) is 0 Å². The molecule has 0 bridgehead atoms. The molecule has 0 atom stereocenters. The van der Waals surface area contributed by atoms with Crippen LogP contribution in [-0.4, -0.2) is 19.1 Å². The summed E-state index contributed by atoms with van der Waals surface area (Å²) in [7, 11) is 0. The lowest BCUT2D eigenvalue weighted by Crippen LogP contribution is -2.03. The fraction of sp³-hybridized carbons (Fsp3) is 0. The summed E-state index contributed by atoms with van der Waals surface area (Å²) in [5, 5.41) is 8.04. The Morgan fingerprint density at radius 1 is 0.323 bits per heavy atom. The van der Waals surface area contributed by atoms with Crippen molar-refractivity contribution in [2.45, 2.75) is 0 Å². The smallest absolute Gasteiger partial charge is 0.235 e. The number of rotatable bonds is 5. The zero-order valence-corrected chi connectivity index (χ0v) is 35.0. The molecule has 0 fully saturated rings. The third-order valence-corrected chi connectivity index (χ3v) is 13.3. The van der Waals surface area contributed by atoms with Gasteiger partial charge in [0.05, 0.1) is 33.3 Å². The van der Waals surface area contributed by atoms with Gasteiger partial charge in [-0.2, -0.15) is 0 Å². The monoisotopic (exact) mass is 828 g/mol. The molecule has 14 rings (SSSR count). The molecule has 0 N–H and O–H groups in total. The van der Waals surface area contributed by atoms with Crippen LogP contribution >= 0.6 is 0 Å². The molecule has 4 heterocycles. The zero-order valence-electron chi connectivity index (χ0n) is 35.0. The molecule has 1 aliphatic rings. The third-order valence-electron chi connectivity index (χ3n) is 13.3. The lowest BCUT2D eigenvalue weighted by atomic mass is 9.91. The van der Waals surface area contributed by atoms with Crippen molar-refractivity contribution < 1.29 is 4.74 Å². The van der Waals surface area contributed by atoms with Crippen LogP contribution in [-0.2, 0) is 0 Å². The molecule has 0 radical (unpaired) electrons. The third kappa shape index (κ3) is 5.39. The fourth-order valence-electron chi connectivity index (χ4n) is 10.4. The summed E-state index contributed by atoms with van der Waals surface area (Å²) in [5.41, 5.74) is 15.4. The van der Waals surface area contributed by atoms with Crippen LogP contribution < -0.4 is 4.74 Å². The van der Waals surface area contributed by atoms with Gasteiger partial charge in [0.2, 0.25) is 5.95 Å². The molecule has 5 heteroatoms.